The molecule has 0 aliphatic heterocycles. The van der Waals surface area contributed by atoms with Crippen molar-refractivity contribution in [1.29, 1.82) is 5.26 Å². The van der Waals surface area contributed by atoms with Crippen LogP contribution in [-0.4, -0.2) is 42.0 Å². The molecule has 0 spiro atoms. The summed E-state index contributed by atoms with van der Waals surface area (Å²) >= 11 is 1.54. The Bertz CT molecular complexity index is 1000. The van der Waals surface area contributed by atoms with Gasteiger partial charge < -0.3 is 4.90 Å². The van der Waals surface area contributed by atoms with Gasteiger partial charge in [0.2, 0.25) is 0 Å². The molecule has 1 aromatic heterocycles. The quantitative estimate of drug-likeness (QED) is 0.595. The van der Waals surface area contributed by atoms with E-state index in [1.807, 2.05) is 12.1 Å². The first-order valence-electron chi connectivity index (χ1n) is 9.47. The first-order valence-corrected chi connectivity index (χ1v) is 10.3. The van der Waals surface area contributed by atoms with Crippen LogP contribution >= 0.6 is 11.3 Å². The van der Waals surface area contributed by atoms with Crippen molar-refractivity contribution in [3.63, 3.8) is 0 Å². The summed E-state index contributed by atoms with van der Waals surface area (Å²) in [5, 5.41) is 9.71. The van der Waals surface area contributed by atoms with Gasteiger partial charge in [-0.05, 0) is 62.0 Å². The van der Waals surface area contributed by atoms with Crippen LogP contribution in [0.2, 0.25) is 0 Å². The maximum absolute atomic E-state index is 13.3. The fourth-order valence-electron chi connectivity index (χ4n) is 3.04. The van der Waals surface area contributed by atoms with Crippen LogP contribution in [0.1, 0.15) is 35.3 Å². The summed E-state index contributed by atoms with van der Waals surface area (Å²) in [5.74, 6) is -0.0903. The first-order chi connectivity index (χ1) is 13.5. The van der Waals surface area contributed by atoms with Gasteiger partial charge in [-0.1, -0.05) is 31.3 Å². The van der Waals surface area contributed by atoms with Crippen molar-refractivity contribution in [3.05, 3.63) is 59.2 Å². The minimum Gasteiger partial charge on any atom is -0.302 e. The highest BCUT2D eigenvalue weighted by Gasteiger charge is 2.22. The average molecular weight is 393 g/mol. The molecular formula is C22H24N4OS. The highest BCUT2D eigenvalue weighted by molar-refractivity contribution is 7.22. The third-order valence-corrected chi connectivity index (χ3v) is 5.85. The molecule has 0 aliphatic carbocycles. The Morgan fingerprint density at radius 1 is 1.11 bits per heavy atom. The summed E-state index contributed by atoms with van der Waals surface area (Å²) in [6, 6.07) is 15.0. The van der Waals surface area contributed by atoms with Crippen LogP contribution in [0.15, 0.2) is 42.5 Å². The molecule has 0 N–H and O–H groups in total. The number of nitriles is 1. The number of carbonyl (C=O) groups is 1. The second-order valence-electron chi connectivity index (χ2n) is 6.64. The number of carbonyl (C=O) groups excluding carboxylic acids is 1. The van der Waals surface area contributed by atoms with Crippen molar-refractivity contribution in [2.75, 3.05) is 31.1 Å². The SMILES string of the molecule is CCN(CC)CCN(C(=O)c1ccc(C#N)cc1)c1nc2ccc(C)cc2s1. The summed E-state index contributed by atoms with van der Waals surface area (Å²) in [6.07, 6.45) is 0. The number of fused-ring (bicyclic) bond motifs is 1. The molecule has 0 fully saturated rings. The van der Waals surface area contributed by atoms with Crippen molar-refractivity contribution >= 4 is 32.6 Å². The lowest BCUT2D eigenvalue weighted by atomic mass is 10.1. The van der Waals surface area contributed by atoms with Gasteiger partial charge in [0.05, 0.1) is 21.8 Å². The monoisotopic (exact) mass is 392 g/mol. The Kier molecular flexibility index (Phi) is 6.40. The molecule has 0 saturated carbocycles. The Hall–Kier alpha value is -2.75. The van der Waals surface area contributed by atoms with E-state index in [9.17, 15) is 4.79 Å². The standard InChI is InChI=1S/C22H24N4OS/c1-4-25(5-2)12-13-26(21(27)18-9-7-17(15-23)8-10-18)22-24-19-11-6-16(3)14-20(19)28-22/h6-11,14H,4-5,12-13H2,1-3H3. The number of aromatic nitrogens is 1. The topological polar surface area (TPSA) is 60.2 Å². The zero-order chi connectivity index (χ0) is 20.1. The summed E-state index contributed by atoms with van der Waals surface area (Å²) in [6.45, 7) is 9.53. The summed E-state index contributed by atoms with van der Waals surface area (Å²) in [5.41, 5.74) is 3.19. The fraction of sp³-hybridized carbons (Fsp3) is 0.318. The number of benzene rings is 2. The highest BCUT2D eigenvalue weighted by Crippen LogP contribution is 2.30. The molecule has 28 heavy (non-hydrogen) atoms. The molecule has 0 bridgehead atoms. The zero-order valence-corrected chi connectivity index (χ0v) is 17.3. The normalized spacial score (nSPS) is 11.0. The van der Waals surface area contributed by atoms with Gasteiger partial charge in [0, 0.05) is 18.7 Å². The van der Waals surface area contributed by atoms with Crippen LogP contribution < -0.4 is 4.90 Å². The molecule has 3 rings (SSSR count). The van der Waals surface area contributed by atoms with E-state index in [-0.39, 0.29) is 5.91 Å². The van der Waals surface area contributed by atoms with E-state index in [4.69, 9.17) is 10.2 Å². The Morgan fingerprint density at radius 3 is 2.46 bits per heavy atom. The molecule has 3 aromatic rings. The maximum Gasteiger partial charge on any atom is 0.260 e. The number of likely N-dealkylation sites (N-methyl/N-ethyl adjacent to an activating group) is 1. The van der Waals surface area contributed by atoms with Gasteiger partial charge in [-0.25, -0.2) is 4.98 Å². The predicted octanol–water partition coefficient (Wildman–Crippen LogP) is 4.47. The van der Waals surface area contributed by atoms with Gasteiger partial charge in [-0.2, -0.15) is 5.26 Å². The number of anilines is 1. The summed E-state index contributed by atoms with van der Waals surface area (Å²) in [7, 11) is 0. The molecule has 0 aliphatic rings. The van der Waals surface area contributed by atoms with Gasteiger partial charge in [0.15, 0.2) is 5.13 Å². The number of aryl methyl sites for hydroxylation is 1. The lowest BCUT2D eigenvalue weighted by Gasteiger charge is -2.24. The number of amides is 1. The van der Waals surface area contributed by atoms with Crippen LogP contribution in [0.25, 0.3) is 10.2 Å². The van der Waals surface area contributed by atoms with Gasteiger partial charge >= 0.3 is 0 Å². The van der Waals surface area contributed by atoms with E-state index in [0.29, 0.717) is 22.8 Å². The molecule has 1 amide bonds. The number of nitrogens with zero attached hydrogens (tertiary/aromatic N) is 4. The van der Waals surface area contributed by atoms with E-state index in [0.717, 1.165) is 29.9 Å². The minimum atomic E-state index is -0.0903. The van der Waals surface area contributed by atoms with Crippen LogP contribution in [0.4, 0.5) is 5.13 Å². The largest absolute Gasteiger partial charge is 0.302 e. The van der Waals surface area contributed by atoms with E-state index in [2.05, 4.69) is 37.8 Å². The molecule has 144 valence electrons. The van der Waals surface area contributed by atoms with E-state index in [1.54, 1.807) is 40.5 Å². The smallest absolute Gasteiger partial charge is 0.260 e. The summed E-state index contributed by atoms with van der Waals surface area (Å²) < 4.78 is 1.08. The van der Waals surface area contributed by atoms with Gasteiger partial charge in [-0.3, -0.25) is 9.69 Å². The van der Waals surface area contributed by atoms with Crippen LogP contribution in [0.5, 0.6) is 0 Å². The van der Waals surface area contributed by atoms with Crippen LogP contribution in [0, 0.1) is 18.3 Å². The van der Waals surface area contributed by atoms with Crippen molar-refractivity contribution in [1.82, 2.24) is 9.88 Å². The Labute approximate surface area is 169 Å². The average Bonchev–Trinajstić information content (AvgIpc) is 3.13. The van der Waals surface area contributed by atoms with Crippen molar-refractivity contribution in [2.24, 2.45) is 0 Å². The second kappa shape index (κ2) is 8.96. The lowest BCUT2D eigenvalue weighted by molar-refractivity contribution is 0.0984. The number of rotatable bonds is 7. The van der Waals surface area contributed by atoms with E-state index in [1.165, 1.54) is 5.56 Å². The molecule has 5 nitrogen and oxygen atoms in total. The Morgan fingerprint density at radius 2 is 1.82 bits per heavy atom. The molecule has 6 heteroatoms. The molecule has 0 atom stereocenters. The first kappa shape index (κ1) is 20.0. The van der Waals surface area contributed by atoms with Gasteiger partial charge in [-0.15, -0.1) is 0 Å². The second-order valence-corrected chi connectivity index (χ2v) is 7.65. The highest BCUT2D eigenvalue weighted by atomic mass is 32.1. The number of thiazole rings is 1. The molecule has 2 aromatic carbocycles. The maximum atomic E-state index is 13.3. The van der Waals surface area contributed by atoms with Crippen molar-refractivity contribution < 1.29 is 4.79 Å². The molecule has 0 saturated heterocycles. The molecule has 0 radical (unpaired) electrons. The zero-order valence-electron chi connectivity index (χ0n) is 16.5. The molecule has 1 heterocycles. The number of hydrogen-bond acceptors (Lipinski definition) is 5. The van der Waals surface area contributed by atoms with Gasteiger partial charge in [0.1, 0.15) is 0 Å². The molecular weight excluding hydrogens is 368 g/mol. The van der Waals surface area contributed by atoms with E-state index < -0.39 is 0 Å². The third-order valence-electron chi connectivity index (χ3n) is 4.80. The van der Waals surface area contributed by atoms with Gasteiger partial charge in [0.25, 0.3) is 5.91 Å². The van der Waals surface area contributed by atoms with Crippen molar-refractivity contribution in [3.8, 4) is 6.07 Å². The molecule has 0 unspecified atom stereocenters. The van der Waals surface area contributed by atoms with Crippen molar-refractivity contribution in [2.45, 2.75) is 20.8 Å². The predicted molar refractivity (Wildman–Crippen MR) is 115 cm³/mol. The van der Waals surface area contributed by atoms with Crippen LogP contribution in [0.3, 0.4) is 0 Å². The third kappa shape index (κ3) is 4.38. The van der Waals surface area contributed by atoms with E-state index >= 15 is 0 Å². The minimum absolute atomic E-state index is 0.0903. The Balaban J connectivity index is 1.94. The van der Waals surface area contributed by atoms with Crippen LogP contribution in [-0.2, 0) is 0 Å². The lowest BCUT2D eigenvalue weighted by Crippen LogP contribution is -2.38. The number of hydrogen-bond donors (Lipinski definition) is 0. The summed E-state index contributed by atoms with van der Waals surface area (Å²) in [4.78, 5) is 22.0. The fourth-order valence-corrected chi connectivity index (χ4v) is 4.13.